The Labute approximate surface area is 123 Å². The number of halogens is 1. The lowest BCUT2D eigenvalue weighted by atomic mass is 9.78. The van der Waals surface area contributed by atoms with Crippen LogP contribution in [0.15, 0.2) is 24.3 Å². The van der Waals surface area contributed by atoms with Crippen molar-refractivity contribution in [3.63, 3.8) is 0 Å². The van der Waals surface area contributed by atoms with Crippen LogP contribution in [0.5, 0.6) is 0 Å². The van der Waals surface area contributed by atoms with Crippen LogP contribution in [0.3, 0.4) is 0 Å². The van der Waals surface area contributed by atoms with E-state index in [0.29, 0.717) is 24.8 Å². The molecule has 0 aromatic heterocycles. The van der Waals surface area contributed by atoms with Crippen LogP contribution in [0.4, 0.5) is 0 Å². The van der Waals surface area contributed by atoms with E-state index in [1.54, 1.807) is 0 Å². The molecule has 5 heteroatoms. The maximum Gasteiger partial charge on any atom is 0.340 e. The average molecular weight is 299 g/mol. The van der Waals surface area contributed by atoms with Gasteiger partial charge in [0.05, 0.1) is 12.0 Å². The van der Waals surface area contributed by atoms with E-state index in [-0.39, 0.29) is 23.6 Å². The van der Waals surface area contributed by atoms with Gasteiger partial charge < -0.3 is 14.9 Å². The monoisotopic (exact) mass is 298 g/mol. The molecule has 3 fully saturated rings. The Balaban J connectivity index is 2.02. The van der Waals surface area contributed by atoms with Gasteiger partial charge in [-0.1, -0.05) is 18.7 Å². The van der Waals surface area contributed by atoms with E-state index in [4.69, 9.17) is 16.3 Å². The molecule has 0 bridgehead atoms. The van der Waals surface area contributed by atoms with Crippen molar-refractivity contribution < 1.29 is 19.7 Å². The summed E-state index contributed by atoms with van der Waals surface area (Å²) in [5.41, 5.74) is 0.0876. The Morgan fingerprint density at radius 1 is 1.45 bits per heavy atom. The standard InChI is InChI=1S/C15H19ClO4/c1-7-3-4-10-13(20-14(18)15(10,19)6-16)12-8(2)11(17)5-9(7)12/h9-13,17,19H,1-6H2. The smallest absolute Gasteiger partial charge is 0.340 e. The molecule has 0 aromatic carbocycles. The summed E-state index contributed by atoms with van der Waals surface area (Å²) >= 11 is 5.82. The van der Waals surface area contributed by atoms with E-state index in [2.05, 4.69) is 13.2 Å². The molecule has 2 N–H and O–H groups in total. The maximum absolute atomic E-state index is 12.0. The Hall–Kier alpha value is -0.840. The molecular formula is C15H19ClO4. The van der Waals surface area contributed by atoms with Crippen LogP contribution in [0.1, 0.15) is 19.3 Å². The zero-order valence-corrected chi connectivity index (χ0v) is 12.0. The van der Waals surface area contributed by atoms with Crippen molar-refractivity contribution in [2.75, 3.05) is 5.88 Å². The lowest BCUT2D eigenvalue weighted by Crippen LogP contribution is -2.44. The number of esters is 1. The predicted molar refractivity (Wildman–Crippen MR) is 74.2 cm³/mol. The first-order chi connectivity index (χ1) is 9.40. The van der Waals surface area contributed by atoms with Crippen molar-refractivity contribution in [3.8, 4) is 0 Å². The molecule has 2 aliphatic carbocycles. The van der Waals surface area contributed by atoms with E-state index in [1.807, 2.05) is 0 Å². The minimum atomic E-state index is -1.63. The Kier molecular flexibility index (Phi) is 3.23. The van der Waals surface area contributed by atoms with Gasteiger partial charge in [-0.25, -0.2) is 4.79 Å². The van der Waals surface area contributed by atoms with E-state index in [9.17, 15) is 15.0 Å². The van der Waals surface area contributed by atoms with E-state index in [0.717, 1.165) is 5.57 Å². The van der Waals surface area contributed by atoms with Crippen molar-refractivity contribution in [1.82, 2.24) is 0 Å². The Morgan fingerprint density at radius 3 is 2.80 bits per heavy atom. The summed E-state index contributed by atoms with van der Waals surface area (Å²) in [6.45, 7) is 8.06. The minimum absolute atomic E-state index is 0.0676. The van der Waals surface area contributed by atoms with Gasteiger partial charge in [-0.15, -0.1) is 11.6 Å². The number of aliphatic hydroxyl groups excluding tert-OH is 1. The molecule has 0 radical (unpaired) electrons. The van der Waals surface area contributed by atoms with Gasteiger partial charge in [0.15, 0.2) is 5.60 Å². The summed E-state index contributed by atoms with van der Waals surface area (Å²) in [6, 6.07) is 0. The fourth-order valence-corrected chi connectivity index (χ4v) is 4.32. The van der Waals surface area contributed by atoms with Gasteiger partial charge in [-0.3, -0.25) is 0 Å². The largest absolute Gasteiger partial charge is 0.459 e. The first-order valence-electron chi connectivity index (χ1n) is 6.94. The van der Waals surface area contributed by atoms with Crippen LogP contribution in [0, 0.1) is 17.8 Å². The molecule has 6 atom stereocenters. The molecule has 3 rings (SSSR count). The lowest BCUT2D eigenvalue weighted by Gasteiger charge is -2.28. The average Bonchev–Trinajstić information content (AvgIpc) is 2.79. The number of carbonyl (C=O) groups is 1. The van der Waals surface area contributed by atoms with Gasteiger partial charge in [-0.05, 0) is 30.8 Å². The van der Waals surface area contributed by atoms with E-state index >= 15 is 0 Å². The van der Waals surface area contributed by atoms with Gasteiger partial charge in [0.1, 0.15) is 6.10 Å². The highest BCUT2D eigenvalue weighted by Gasteiger charge is 2.61. The second kappa shape index (κ2) is 4.58. The third kappa shape index (κ3) is 1.71. The highest BCUT2D eigenvalue weighted by molar-refractivity contribution is 6.20. The summed E-state index contributed by atoms with van der Waals surface area (Å²) in [4.78, 5) is 12.0. The highest BCUT2D eigenvalue weighted by atomic mass is 35.5. The molecule has 6 unspecified atom stereocenters. The Bertz CT molecular complexity index is 488. The van der Waals surface area contributed by atoms with Crippen LogP contribution in [0.2, 0.25) is 0 Å². The topological polar surface area (TPSA) is 66.8 Å². The first kappa shape index (κ1) is 14.1. The lowest BCUT2D eigenvalue weighted by molar-refractivity contribution is -0.154. The molecule has 1 heterocycles. The van der Waals surface area contributed by atoms with Gasteiger partial charge in [0.25, 0.3) is 0 Å². The van der Waals surface area contributed by atoms with Crippen molar-refractivity contribution in [1.29, 1.82) is 0 Å². The first-order valence-corrected chi connectivity index (χ1v) is 7.47. The molecule has 1 saturated heterocycles. The van der Waals surface area contributed by atoms with Crippen LogP contribution < -0.4 is 0 Å². The Morgan fingerprint density at radius 2 is 2.15 bits per heavy atom. The van der Waals surface area contributed by atoms with Gasteiger partial charge in [0.2, 0.25) is 0 Å². The van der Waals surface area contributed by atoms with Crippen LogP contribution >= 0.6 is 11.6 Å². The second-order valence-corrected chi connectivity index (χ2v) is 6.46. The zero-order chi connectivity index (χ0) is 14.7. The third-order valence-electron chi connectivity index (χ3n) is 5.23. The zero-order valence-electron chi connectivity index (χ0n) is 11.2. The van der Waals surface area contributed by atoms with Crippen molar-refractivity contribution in [2.24, 2.45) is 17.8 Å². The van der Waals surface area contributed by atoms with Crippen molar-refractivity contribution >= 4 is 17.6 Å². The second-order valence-electron chi connectivity index (χ2n) is 6.19. The number of hydrogen-bond donors (Lipinski definition) is 2. The SMILES string of the molecule is C=C1CCC2C(OC(=O)C2(O)CCl)C2C(=C)C(O)CC12. The maximum atomic E-state index is 12.0. The predicted octanol–water partition coefficient (Wildman–Crippen LogP) is 1.40. The van der Waals surface area contributed by atoms with Crippen LogP contribution in [0.25, 0.3) is 0 Å². The molecule has 4 nitrogen and oxygen atoms in total. The summed E-state index contributed by atoms with van der Waals surface area (Å²) in [7, 11) is 0. The number of allylic oxidation sites excluding steroid dienone is 1. The highest BCUT2D eigenvalue weighted by Crippen LogP contribution is 2.53. The normalized spacial score (nSPS) is 47.8. The fourth-order valence-electron chi connectivity index (χ4n) is 4.02. The number of aliphatic hydroxyl groups is 2. The molecule has 1 aliphatic heterocycles. The number of ether oxygens (including phenoxy) is 1. The van der Waals surface area contributed by atoms with Gasteiger partial charge in [0, 0.05) is 11.8 Å². The molecule has 0 spiro atoms. The number of rotatable bonds is 1. The minimum Gasteiger partial charge on any atom is -0.459 e. The van der Waals surface area contributed by atoms with Gasteiger partial charge in [-0.2, -0.15) is 0 Å². The summed E-state index contributed by atoms with van der Waals surface area (Å²) in [5, 5.41) is 20.6. The van der Waals surface area contributed by atoms with E-state index < -0.39 is 23.8 Å². The van der Waals surface area contributed by atoms with E-state index in [1.165, 1.54) is 0 Å². The third-order valence-corrected chi connectivity index (χ3v) is 5.64. The molecule has 20 heavy (non-hydrogen) atoms. The molecule has 3 aliphatic rings. The quantitative estimate of drug-likeness (QED) is 0.436. The summed E-state index contributed by atoms with van der Waals surface area (Å²) in [6.07, 6.45) is 0.846. The molecule has 110 valence electrons. The van der Waals surface area contributed by atoms with Crippen LogP contribution in [-0.4, -0.2) is 39.9 Å². The molecule has 2 saturated carbocycles. The van der Waals surface area contributed by atoms with Crippen molar-refractivity contribution in [3.05, 3.63) is 24.3 Å². The molecule has 0 aromatic rings. The fraction of sp³-hybridized carbons (Fsp3) is 0.667. The number of alkyl halides is 1. The van der Waals surface area contributed by atoms with Gasteiger partial charge >= 0.3 is 5.97 Å². The summed E-state index contributed by atoms with van der Waals surface area (Å²) < 4.78 is 5.45. The summed E-state index contributed by atoms with van der Waals surface area (Å²) in [5.74, 6) is -1.28. The number of hydrogen-bond acceptors (Lipinski definition) is 4. The van der Waals surface area contributed by atoms with Crippen molar-refractivity contribution in [2.45, 2.75) is 37.1 Å². The van der Waals surface area contributed by atoms with Crippen LogP contribution in [-0.2, 0) is 9.53 Å². The number of fused-ring (bicyclic) bond motifs is 3. The number of carbonyl (C=O) groups excluding carboxylic acids is 1. The molecule has 0 amide bonds. The molecular weight excluding hydrogens is 280 g/mol.